The van der Waals surface area contributed by atoms with Gasteiger partial charge in [0, 0.05) is 37.3 Å². The number of hydrogen-bond acceptors (Lipinski definition) is 3. The Bertz CT molecular complexity index is 898. The van der Waals surface area contributed by atoms with Crippen LogP contribution in [0, 0.1) is 0 Å². The van der Waals surface area contributed by atoms with E-state index in [2.05, 4.69) is 58.0 Å². The van der Waals surface area contributed by atoms with E-state index in [4.69, 9.17) is 0 Å². The normalized spacial score (nSPS) is 27.7. The minimum atomic E-state index is -0.440. The van der Waals surface area contributed by atoms with E-state index in [-0.39, 0.29) is 5.91 Å². The first-order chi connectivity index (χ1) is 12.8. The SMILES string of the molecule is O=C1N(C2=CCC(c3cn[nH]c3)C=C2)CCC12Cc1ccccc1CN2. The van der Waals surface area contributed by atoms with E-state index in [0.29, 0.717) is 5.92 Å². The zero-order valence-electron chi connectivity index (χ0n) is 14.6. The van der Waals surface area contributed by atoms with Gasteiger partial charge in [0.25, 0.3) is 0 Å². The van der Waals surface area contributed by atoms with Crippen molar-refractivity contribution in [3.05, 3.63) is 77.3 Å². The van der Waals surface area contributed by atoms with E-state index < -0.39 is 5.54 Å². The van der Waals surface area contributed by atoms with E-state index in [1.165, 1.54) is 16.7 Å². The number of H-pyrrole nitrogens is 1. The number of aromatic nitrogens is 2. The third kappa shape index (κ3) is 2.42. The highest BCUT2D eigenvalue weighted by atomic mass is 16.2. The quantitative estimate of drug-likeness (QED) is 0.879. The molecule has 2 aromatic rings. The van der Waals surface area contributed by atoms with Crippen molar-refractivity contribution in [3.63, 3.8) is 0 Å². The predicted octanol–water partition coefficient (Wildman–Crippen LogP) is 2.65. The molecule has 0 saturated carbocycles. The molecule has 0 bridgehead atoms. The van der Waals surface area contributed by atoms with Gasteiger partial charge in [-0.1, -0.05) is 36.4 Å². The summed E-state index contributed by atoms with van der Waals surface area (Å²) >= 11 is 0. The Morgan fingerprint density at radius 3 is 2.88 bits per heavy atom. The van der Waals surface area contributed by atoms with Crippen LogP contribution < -0.4 is 5.32 Å². The minimum Gasteiger partial charge on any atom is -0.311 e. The smallest absolute Gasteiger partial charge is 0.247 e. The molecule has 1 spiro atoms. The van der Waals surface area contributed by atoms with E-state index in [9.17, 15) is 4.79 Å². The van der Waals surface area contributed by atoms with Crippen molar-refractivity contribution in [2.45, 2.75) is 37.3 Å². The second-order valence-electron chi connectivity index (χ2n) is 7.45. The molecule has 2 N–H and O–H groups in total. The lowest BCUT2D eigenvalue weighted by Gasteiger charge is -2.34. The van der Waals surface area contributed by atoms with Gasteiger partial charge in [0.1, 0.15) is 5.54 Å². The molecule has 3 aliphatic rings. The first-order valence-electron chi connectivity index (χ1n) is 9.26. The summed E-state index contributed by atoms with van der Waals surface area (Å²) in [5, 5.41) is 10.4. The number of hydrogen-bond donors (Lipinski definition) is 2. The Morgan fingerprint density at radius 1 is 1.23 bits per heavy atom. The van der Waals surface area contributed by atoms with Gasteiger partial charge in [0.15, 0.2) is 0 Å². The number of rotatable bonds is 2. The van der Waals surface area contributed by atoms with Gasteiger partial charge in [-0.05, 0) is 35.6 Å². The van der Waals surface area contributed by atoms with Gasteiger partial charge < -0.3 is 4.90 Å². The van der Waals surface area contributed by atoms with Crippen LogP contribution in [-0.2, 0) is 17.8 Å². The van der Waals surface area contributed by atoms with Gasteiger partial charge in [-0.25, -0.2) is 0 Å². The van der Waals surface area contributed by atoms with Gasteiger partial charge in [-0.2, -0.15) is 5.10 Å². The molecule has 1 amide bonds. The zero-order valence-corrected chi connectivity index (χ0v) is 14.6. The lowest BCUT2D eigenvalue weighted by atomic mass is 9.83. The van der Waals surface area contributed by atoms with Crippen molar-refractivity contribution >= 4 is 5.91 Å². The number of nitrogens with zero attached hydrogens (tertiary/aromatic N) is 2. The maximum atomic E-state index is 13.3. The van der Waals surface area contributed by atoms with Crippen molar-refractivity contribution in [2.24, 2.45) is 0 Å². The monoisotopic (exact) mass is 346 g/mol. The van der Waals surface area contributed by atoms with Crippen LogP contribution in [0.2, 0.25) is 0 Å². The molecule has 2 atom stereocenters. The number of carbonyl (C=O) groups excluding carboxylic acids is 1. The Morgan fingerprint density at radius 2 is 2.12 bits per heavy atom. The van der Waals surface area contributed by atoms with Crippen LogP contribution >= 0.6 is 0 Å². The van der Waals surface area contributed by atoms with Gasteiger partial charge >= 0.3 is 0 Å². The molecule has 0 radical (unpaired) electrons. The third-order valence-electron chi connectivity index (χ3n) is 5.98. The molecule has 3 heterocycles. The molecular weight excluding hydrogens is 324 g/mol. The number of likely N-dealkylation sites (tertiary alicyclic amines) is 1. The number of fused-ring (bicyclic) bond motifs is 1. The van der Waals surface area contributed by atoms with Crippen molar-refractivity contribution < 1.29 is 4.79 Å². The highest BCUT2D eigenvalue weighted by Crippen LogP contribution is 2.36. The first kappa shape index (κ1) is 15.6. The lowest BCUT2D eigenvalue weighted by Crippen LogP contribution is -2.55. The standard InChI is InChI=1S/C21H22N4O/c26-20-21(11-16-3-1-2-4-17(16)12-22-21)9-10-25(20)19-7-5-15(6-8-19)18-13-23-24-14-18/h1-5,7-8,13-15,22H,6,9-12H2,(H,23,24). The van der Waals surface area contributed by atoms with Crippen LogP contribution in [0.25, 0.3) is 0 Å². The molecular formula is C21H22N4O. The van der Waals surface area contributed by atoms with Crippen LogP contribution in [0.1, 0.15) is 35.4 Å². The summed E-state index contributed by atoms with van der Waals surface area (Å²) in [7, 11) is 0. The fourth-order valence-corrected chi connectivity index (χ4v) is 4.42. The molecule has 1 fully saturated rings. The third-order valence-corrected chi connectivity index (χ3v) is 5.98. The molecule has 1 saturated heterocycles. The maximum absolute atomic E-state index is 13.3. The molecule has 1 aromatic carbocycles. The second kappa shape index (κ2) is 5.95. The first-order valence-corrected chi connectivity index (χ1v) is 9.26. The van der Waals surface area contributed by atoms with E-state index in [1.807, 2.05) is 17.3 Å². The number of aromatic amines is 1. The maximum Gasteiger partial charge on any atom is 0.247 e. The average molecular weight is 346 g/mol. The summed E-state index contributed by atoms with van der Waals surface area (Å²) in [6, 6.07) is 8.44. The number of nitrogens with one attached hydrogen (secondary N) is 2. The minimum absolute atomic E-state index is 0.213. The number of benzene rings is 1. The summed E-state index contributed by atoms with van der Waals surface area (Å²) in [6.45, 7) is 1.55. The summed E-state index contributed by atoms with van der Waals surface area (Å²) in [4.78, 5) is 15.2. The molecule has 2 unspecified atom stereocenters. The van der Waals surface area contributed by atoms with E-state index in [0.717, 1.165) is 38.0 Å². The summed E-state index contributed by atoms with van der Waals surface area (Å²) < 4.78 is 0. The summed E-state index contributed by atoms with van der Waals surface area (Å²) in [6.07, 6.45) is 12.8. The Hall–Kier alpha value is -2.66. The fraction of sp³-hybridized carbons (Fsp3) is 0.333. The zero-order chi connectivity index (χ0) is 17.6. The predicted molar refractivity (Wildman–Crippen MR) is 99.2 cm³/mol. The van der Waals surface area contributed by atoms with Crippen LogP contribution in [0.3, 0.4) is 0 Å². The highest BCUT2D eigenvalue weighted by molar-refractivity contribution is 5.91. The number of allylic oxidation sites excluding steroid dienone is 3. The largest absolute Gasteiger partial charge is 0.311 e. The van der Waals surface area contributed by atoms with Crippen LogP contribution in [0.5, 0.6) is 0 Å². The highest BCUT2D eigenvalue weighted by Gasteiger charge is 2.48. The molecule has 1 aliphatic carbocycles. The molecule has 5 rings (SSSR count). The second-order valence-corrected chi connectivity index (χ2v) is 7.45. The van der Waals surface area contributed by atoms with Crippen LogP contribution in [0.4, 0.5) is 0 Å². The van der Waals surface area contributed by atoms with Crippen molar-refractivity contribution in [2.75, 3.05) is 6.54 Å². The lowest BCUT2D eigenvalue weighted by molar-refractivity contribution is -0.131. The van der Waals surface area contributed by atoms with Crippen LogP contribution in [0.15, 0.2) is 60.6 Å². The van der Waals surface area contributed by atoms with Crippen molar-refractivity contribution in [3.8, 4) is 0 Å². The fourth-order valence-electron chi connectivity index (χ4n) is 4.42. The number of carbonyl (C=O) groups is 1. The Balaban J connectivity index is 1.34. The Labute approximate surface area is 152 Å². The van der Waals surface area contributed by atoms with Gasteiger partial charge in [0.05, 0.1) is 6.20 Å². The van der Waals surface area contributed by atoms with E-state index in [1.54, 1.807) is 0 Å². The average Bonchev–Trinajstić information content (AvgIpc) is 3.32. The van der Waals surface area contributed by atoms with Crippen LogP contribution in [-0.4, -0.2) is 33.1 Å². The molecule has 26 heavy (non-hydrogen) atoms. The summed E-state index contributed by atoms with van der Waals surface area (Å²) in [5.41, 5.74) is 4.39. The van der Waals surface area contributed by atoms with Crippen molar-refractivity contribution in [1.82, 2.24) is 20.4 Å². The van der Waals surface area contributed by atoms with Gasteiger partial charge in [0.2, 0.25) is 5.91 Å². The molecule has 132 valence electrons. The molecule has 1 aromatic heterocycles. The summed E-state index contributed by atoms with van der Waals surface area (Å²) in [5.74, 6) is 0.550. The molecule has 2 aliphatic heterocycles. The number of amides is 1. The topological polar surface area (TPSA) is 61.0 Å². The Kier molecular flexibility index (Phi) is 3.57. The van der Waals surface area contributed by atoms with Gasteiger partial charge in [-0.3, -0.25) is 15.2 Å². The van der Waals surface area contributed by atoms with Gasteiger partial charge in [-0.15, -0.1) is 0 Å². The molecule has 5 nitrogen and oxygen atoms in total. The van der Waals surface area contributed by atoms with Crippen molar-refractivity contribution in [1.29, 1.82) is 0 Å². The molecule has 5 heteroatoms. The van der Waals surface area contributed by atoms with E-state index >= 15 is 0 Å².